The summed E-state index contributed by atoms with van der Waals surface area (Å²) in [6.07, 6.45) is 1.25. The fourth-order valence-corrected chi connectivity index (χ4v) is 1.07. The van der Waals surface area contributed by atoms with Crippen LogP contribution in [0.25, 0.3) is 0 Å². The molecule has 2 N–H and O–H groups in total. The van der Waals surface area contributed by atoms with E-state index in [1.807, 2.05) is 11.8 Å². The lowest BCUT2D eigenvalue weighted by Gasteiger charge is -2.20. The van der Waals surface area contributed by atoms with Crippen LogP contribution in [0.4, 0.5) is 4.79 Å². The number of hydrogen-bond donors (Lipinski definition) is 2. The maximum absolute atomic E-state index is 9.09. The van der Waals surface area contributed by atoms with Crippen molar-refractivity contribution in [1.82, 2.24) is 4.90 Å². The molecule has 0 atom stereocenters. The first kappa shape index (κ1) is 21.8. The molecule has 4 nitrogen and oxygen atoms in total. The number of primary amides is 1. The van der Waals surface area contributed by atoms with Crippen LogP contribution in [0.3, 0.4) is 0 Å². The van der Waals surface area contributed by atoms with Crippen molar-refractivity contribution >= 4 is 35.3 Å². The number of amides is 1. The van der Waals surface area contributed by atoms with E-state index in [1.165, 1.54) is 6.42 Å². The largest absolute Gasteiger partial charge is 0.471 e. The van der Waals surface area contributed by atoms with E-state index >= 15 is 0 Å². The van der Waals surface area contributed by atoms with E-state index in [1.54, 1.807) is 0 Å². The minimum atomic E-state index is -0.639. The molecule has 0 saturated carbocycles. The van der Waals surface area contributed by atoms with Crippen LogP contribution in [-0.4, -0.2) is 35.0 Å². The van der Waals surface area contributed by atoms with Gasteiger partial charge >= 0.3 is 0 Å². The second kappa shape index (κ2) is 17.9. The number of thiocarbonyl (C=S) groups is 1. The molecule has 0 aliphatic rings. The molecule has 104 valence electrons. The van der Waals surface area contributed by atoms with Gasteiger partial charge in [0.25, 0.3) is 10.4 Å². The van der Waals surface area contributed by atoms with E-state index in [-0.39, 0.29) is 0 Å². The molecule has 0 aromatic heterocycles. The topological polar surface area (TPSA) is 55.6 Å². The Labute approximate surface area is 116 Å². The lowest BCUT2D eigenvalue weighted by molar-refractivity contribution is 0.264. The van der Waals surface area contributed by atoms with Crippen molar-refractivity contribution in [3.05, 3.63) is 0 Å². The Morgan fingerprint density at radius 1 is 1.24 bits per heavy atom. The van der Waals surface area contributed by atoms with Crippen molar-refractivity contribution in [3.8, 4) is 0 Å². The highest BCUT2D eigenvalue weighted by Gasteiger charge is 2.03. The van der Waals surface area contributed by atoms with Gasteiger partial charge in [0.2, 0.25) is 0 Å². The van der Waals surface area contributed by atoms with Crippen LogP contribution < -0.4 is 5.73 Å². The Balaban J connectivity index is -0.000000232. The van der Waals surface area contributed by atoms with Crippen LogP contribution >= 0.6 is 24.8 Å². The third-order valence-corrected chi connectivity index (χ3v) is 1.67. The molecular formula is C11H26N2O2S2. The first-order valence-corrected chi connectivity index (χ1v) is 6.66. The van der Waals surface area contributed by atoms with Gasteiger partial charge in [-0.15, -0.1) is 0 Å². The molecule has 1 amide bonds. The molecule has 0 heterocycles. The molecule has 0 unspecified atom stereocenters. The fourth-order valence-electron chi connectivity index (χ4n) is 0.697. The van der Waals surface area contributed by atoms with Gasteiger partial charge in [0.05, 0.1) is 6.61 Å². The molecule has 0 aliphatic heterocycles. The van der Waals surface area contributed by atoms with Crippen LogP contribution in [0.5, 0.6) is 0 Å². The number of thiol groups is 1. The third kappa shape index (κ3) is 25.6. The molecule has 0 aromatic carbocycles. The van der Waals surface area contributed by atoms with Gasteiger partial charge in [-0.2, -0.15) is 0 Å². The summed E-state index contributed by atoms with van der Waals surface area (Å²) in [4.78, 5) is 11.1. The van der Waals surface area contributed by atoms with Crippen molar-refractivity contribution in [1.29, 1.82) is 0 Å². The van der Waals surface area contributed by atoms with Crippen LogP contribution in [-0.2, 0) is 4.74 Å². The summed E-state index contributed by atoms with van der Waals surface area (Å²) in [7, 11) is 0. The number of carbonyl (C=O) groups excluding carboxylic acids is 1. The van der Waals surface area contributed by atoms with E-state index in [0.29, 0.717) is 11.8 Å². The van der Waals surface area contributed by atoms with E-state index < -0.39 is 5.24 Å². The fraction of sp³-hybridized carbons (Fsp3) is 0.818. The van der Waals surface area contributed by atoms with Gasteiger partial charge in [-0.05, 0) is 33.0 Å². The highest BCUT2D eigenvalue weighted by atomic mass is 32.1. The molecule has 6 heteroatoms. The van der Waals surface area contributed by atoms with Gasteiger partial charge in [0, 0.05) is 13.1 Å². The van der Waals surface area contributed by atoms with Crippen molar-refractivity contribution in [2.24, 2.45) is 5.73 Å². The Hall–Kier alpha value is -0.490. The normalized spacial score (nSPS) is 7.88. The number of carbonyl (C=O) groups is 1. The molecule has 0 aromatic rings. The van der Waals surface area contributed by atoms with Crippen molar-refractivity contribution < 1.29 is 9.53 Å². The molecule has 0 fully saturated rings. The minimum Gasteiger partial charge on any atom is -0.471 e. The predicted molar refractivity (Wildman–Crippen MR) is 81.7 cm³/mol. The molecular weight excluding hydrogens is 256 g/mol. The monoisotopic (exact) mass is 282 g/mol. The average Bonchev–Trinajstić information content (AvgIpc) is 2.20. The Kier molecular flexibility index (Phi) is 22.9. The number of nitrogens with zero attached hydrogens (tertiary/aromatic N) is 1. The number of ether oxygens (including phenoxy) is 1. The second-order valence-electron chi connectivity index (χ2n) is 2.92. The van der Waals surface area contributed by atoms with Crippen molar-refractivity contribution in [3.63, 3.8) is 0 Å². The molecule has 17 heavy (non-hydrogen) atoms. The van der Waals surface area contributed by atoms with Gasteiger partial charge in [-0.1, -0.05) is 32.9 Å². The highest BCUT2D eigenvalue weighted by Crippen LogP contribution is 1.92. The first-order valence-electron chi connectivity index (χ1n) is 5.80. The van der Waals surface area contributed by atoms with E-state index in [4.69, 9.17) is 21.7 Å². The van der Waals surface area contributed by atoms with Crippen molar-refractivity contribution in [2.75, 3.05) is 19.7 Å². The molecule has 0 spiro atoms. The Morgan fingerprint density at radius 2 is 1.53 bits per heavy atom. The molecule has 0 bridgehead atoms. The van der Waals surface area contributed by atoms with Crippen LogP contribution in [0.2, 0.25) is 0 Å². The molecule has 0 rings (SSSR count). The van der Waals surface area contributed by atoms with E-state index in [0.717, 1.165) is 13.1 Å². The van der Waals surface area contributed by atoms with Crippen LogP contribution in [0, 0.1) is 0 Å². The van der Waals surface area contributed by atoms with E-state index in [9.17, 15) is 0 Å². The van der Waals surface area contributed by atoms with Gasteiger partial charge in [0.15, 0.2) is 0 Å². The quantitative estimate of drug-likeness (QED) is 0.617. The molecule has 0 saturated heterocycles. The zero-order valence-corrected chi connectivity index (χ0v) is 13.2. The maximum atomic E-state index is 9.09. The van der Waals surface area contributed by atoms with Crippen molar-refractivity contribution in [2.45, 2.75) is 41.0 Å². The second-order valence-corrected chi connectivity index (χ2v) is 3.71. The van der Waals surface area contributed by atoms with Gasteiger partial charge in [-0.25, -0.2) is 0 Å². The standard InChI is InChI=1S/C7H15NOS.C3H8.CH3NOS/c1-4-8(5-2)7(10)9-6-3;1-3-2;2-1(3)4/h4-6H2,1-3H3;3H2,1-2H3;(H3,2,3,4). The van der Waals surface area contributed by atoms with Gasteiger partial charge < -0.3 is 15.4 Å². The van der Waals surface area contributed by atoms with E-state index in [2.05, 4.69) is 46.1 Å². The summed E-state index contributed by atoms with van der Waals surface area (Å²) >= 11 is 8.08. The smallest absolute Gasteiger partial charge is 0.273 e. The van der Waals surface area contributed by atoms with Crippen LogP contribution in [0.1, 0.15) is 41.0 Å². The lowest BCUT2D eigenvalue weighted by atomic mass is 10.6. The van der Waals surface area contributed by atoms with Crippen LogP contribution in [0.15, 0.2) is 0 Å². The summed E-state index contributed by atoms with van der Waals surface area (Å²) in [5, 5.41) is -0.0208. The Bertz CT molecular complexity index is 182. The zero-order valence-electron chi connectivity index (χ0n) is 11.5. The summed E-state index contributed by atoms with van der Waals surface area (Å²) in [6.45, 7) is 12.8. The number of nitrogens with two attached hydrogens (primary N) is 1. The highest BCUT2D eigenvalue weighted by molar-refractivity contribution is 7.96. The summed E-state index contributed by atoms with van der Waals surface area (Å²) in [6, 6.07) is 0. The zero-order chi connectivity index (χ0) is 14.3. The summed E-state index contributed by atoms with van der Waals surface area (Å²) < 4.78 is 5.14. The Morgan fingerprint density at radius 3 is 1.71 bits per heavy atom. The number of rotatable bonds is 3. The maximum Gasteiger partial charge on any atom is 0.273 e. The third-order valence-electron chi connectivity index (χ3n) is 1.29. The first-order chi connectivity index (χ1) is 7.90. The molecule has 0 aliphatic carbocycles. The summed E-state index contributed by atoms with van der Waals surface area (Å²) in [5.41, 5.74) is 4.34. The number of hydrogen-bond acceptors (Lipinski definition) is 3. The lowest BCUT2D eigenvalue weighted by Crippen LogP contribution is -2.30. The van der Waals surface area contributed by atoms with Gasteiger partial charge in [-0.3, -0.25) is 4.79 Å². The van der Waals surface area contributed by atoms with Gasteiger partial charge in [0.1, 0.15) is 0 Å². The SMILES string of the molecule is CCC.CCOC(=S)N(CC)CC.NC(=O)S. The minimum absolute atomic E-state index is 0.618. The average molecular weight is 282 g/mol. The predicted octanol–water partition coefficient (Wildman–Crippen LogP) is 3.06. The molecule has 0 radical (unpaired) electrons. The summed E-state index contributed by atoms with van der Waals surface area (Å²) in [5.74, 6) is 0.